The van der Waals surface area contributed by atoms with E-state index in [1.807, 2.05) is 0 Å². The zero-order valence-electron chi connectivity index (χ0n) is 13.3. The number of nitrogens with one attached hydrogen (secondary N) is 1. The van der Waals surface area contributed by atoms with E-state index in [1.54, 1.807) is 0 Å². The molecule has 1 heterocycles. The lowest BCUT2D eigenvalue weighted by molar-refractivity contribution is 0.0421. The van der Waals surface area contributed by atoms with E-state index in [9.17, 15) is 0 Å². The van der Waals surface area contributed by atoms with Crippen molar-refractivity contribution in [2.24, 2.45) is 5.92 Å². The van der Waals surface area contributed by atoms with Crippen molar-refractivity contribution >= 4 is 0 Å². The van der Waals surface area contributed by atoms with Gasteiger partial charge in [-0.2, -0.15) is 0 Å². The Balaban J connectivity index is 1.98. The molecule has 2 unspecified atom stereocenters. The molecule has 3 nitrogen and oxygen atoms in total. The van der Waals surface area contributed by atoms with Crippen LogP contribution in [0.4, 0.5) is 0 Å². The molecule has 1 aliphatic rings. The molecule has 0 aromatic heterocycles. The molecule has 0 aliphatic carbocycles. The fourth-order valence-electron chi connectivity index (χ4n) is 2.79. The molecule has 3 heteroatoms. The average molecular weight is 270 g/mol. The predicted octanol–water partition coefficient (Wildman–Crippen LogP) is 2.90. The Labute approximate surface area is 120 Å². The van der Waals surface area contributed by atoms with Crippen LogP contribution in [-0.4, -0.2) is 50.8 Å². The minimum atomic E-state index is 0.665. The van der Waals surface area contributed by atoms with Gasteiger partial charge < -0.3 is 15.0 Å². The summed E-state index contributed by atoms with van der Waals surface area (Å²) < 4.78 is 5.54. The maximum absolute atomic E-state index is 5.54. The highest BCUT2D eigenvalue weighted by atomic mass is 16.5. The highest BCUT2D eigenvalue weighted by Crippen LogP contribution is 2.14. The van der Waals surface area contributed by atoms with Crippen LogP contribution in [0.3, 0.4) is 0 Å². The molecule has 0 radical (unpaired) electrons. The lowest BCUT2D eigenvalue weighted by atomic mass is 10.0. The van der Waals surface area contributed by atoms with E-state index < -0.39 is 0 Å². The Morgan fingerprint density at radius 3 is 2.89 bits per heavy atom. The van der Waals surface area contributed by atoms with Gasteiger partial charge >= 0.3 is 0 Å². The Morgan fingerprint density at radius 2 is 2.21 bits per heavy atom. The van der Waals surface area contributed by atoms with Gasteiger partial charge in [0.1, 0.15) is 0 Å². The van der Waals surface area contributed by atoms with Crippen molar-refractivity contribution in [3.8, 4) is 0 Å². The highest BCUT2D eigenvalue weighted by Gasteiger charge is 2.15. The Hall–Kier alpha value is -0.120. The van der Waals surface area contributed by atoms with Crippen molar-refractivity contribution in [2.75, 3.05) is 39.9 Å². The SMILES string of the molecule is CCCCCC(C)NCCN(C)CC1CCCOC1. The second-order valence-corrected chi connectivity index (χ2v) is 6.20. The van der Waals surface area contributed by atoms with Crippen LogP contribution in [0.2, 0.25) is 0 Å². The lowest BCUT2D eigenvalue weighted by Crippen LogP contribution is -2.37. The number of likely N-dealkylation sites (N-methyl/N-ethyl adjacent to an activating group) is 1. The van der Waals surface area contributed by atoms with Crippen molar-refractivity contribution in [2.45, 2.75) is 58.4 Å². The van der Waals surface area contributed by atoms with Gasteiger partial charge in [-0.25, -0.2) is 0 Å². The van der Waals surface area contributed by atoms with Crippen LogP contribution in [0.1, 0.15) is 52.4 Å². The molecule has 0 aromatic carbocycles. The summed E-state index contributed by atoms with van der Waals surface area (Å²) in [5.74, 6) is 0.751. The van der Waals surface area contributed by atoms with Crippen molar-refractivity contribution in [3.05, 3.63) is 0 Å². The van der Waals surface area contributed by atoms with E-state index in [-0.39, 0.29) is 0 Å². The Kier molecular flexibility index (Phi) is 9.48. The average Bonchev–Trinajstić information content (AvgIpc) is 2.40. The Bertz CT molecular complexity index is 205. The Morgan fingerprint density at radius 1 is 1.37 bits per heavy atom. The molecule has 1 rings (SSSR count). The first-order chi connectivity index (χ1) is 9.22. The zero-order chi connectivity index (χ0) is 13.9. The summed E-state index contributed by atoms with van der Waals surface area (Å²) in [6.07, 6.45) is 7.94. The fraction of sp³-hybridized carbons (Fsp3) is 1.00. The highest BCUT2D eigenvalue weighted by molar-refractivity contribution is 4.68. The van der Waals surface area contributed by atoms with Crippen LogP contribution in [-0.2, 0) is 4.74 Å². The van der Waals surface area contributed by atoms with Crippen LogP contribution < -0.4 is 5.32 Å². The van der Waals surface area contributed by atoms with E-state index >= 15 is 0 Å². The summed E-state index contributed by atoms with van der Waals surface area (Å²) in [5.41, 5.74) is 0. The van der Waals surface area contributed by atoms with E-state index in [0.29, 0.717) is 6.04 Å². The minimum Gasteiger partial charge on any atom is -0.381 e. The number of nitrogens with zero attached hydrogens (tertiary/aromatic N) is 1. The molecule has 1 fully saturated rings. The van der Waals surface area contributed by atoms with Crippen LogP contribution in [0.25, 0.3) is 0 Å². The third-order valence-electron chi connectivity index (χ3n) is 4.05. The molecule has 0 aromatic rings. The van der Waals surface area contributed by atoms with E-state index in [0.717, 1.165) is 32.2 Å². The molecule has 0 bridgehead atoms. The summed E-state index contributed by atoms with van der Waals surface area (Å²) in [4.78, 5) is 2.45. The van der Waals surface area contributed by atoms with Gasteiger partial charge in [0.2, 0.25) is 0 Å². The van der Waals surface area contributed by atoms with Crippen LogP contribution >= 0.6 is 0 Å². The van der Waals surface area contributed by atoms with Gasteiger partial charge in [-0.15, -0.1) is 0 Å². The summed E-state index contributed by atoms with van der Waals surface area (Å²) >= 11 is 0. The van der Waals surface area contributed by atoms with Gasteiger partial charge in [-0.1, -0.05) is 26.2 Å². The molecule has 1 saturated heterocycles. The lowest BCUT2D eigenvalue weighted by Gasteiger charge is -2.27. The first-order valence-electron chi connectivity index (χ1n) is 8.22. The molecule has 1 N–H and O–H groups in total. The molecule has 1 aliphatic heterocycles. The number of unbranched alkanes of at least 4 members (excludes halogenated alkanes) is 2. The second kappa shape index (κ2) is 10.6. The smallest absolute Gasteiger partial charge is 0.0506 e. The largest absolute Gasteiger partial charge is 0.381 e. The molecule has 0 saturated carbocycles. The topological polar surface area (TPSA) is 24.5 Å². The van der Waals surface area contributed by atoms with Gasteiger partial charge in [-0.3, -0.25) is 0 Å². The minimum absolute atomic E-state index is 0.665. The number of hydrogen-bond acceptors (Lipinski definition) is 3. The molecule has 2 atom stereocenters. The van der Waals surface area contributed by atoms with Gasteiger partial charge in [0.15, 0.2) is 0 Å². The van der Waals surface area contributed by atoms with Gasteiger partial charge in [-0.05, 0) is 39.2 Å². The number of ether oxygens (including phenoxy) is 1. The number of rotatable bonds is 10. The summed E-state index contributed by atoms with van der Waals surface area (Å²) in [5, 5.41) is 3.64. The quantitative estimate of drug-likeness (QED) is 0.618. The third kappa shape index (κ3) is 8.61. The van der Waals surface area contributed by atoms with Crippen molar-refractivity contribution < 1.29 is 4.74 Å². The summed E-state index contributed by atoms with van der Waals surface area (Å²) in [7, 11) is 2.23. The summed E-state index contributed by atoms with van der Waals surface area (Å²) in [6, 6.07) is 0.665. The molecule has 19 heavy (non-hydrogen) atoms. The van der Waals surface area contributed by atoms with Crippen LogP contribution in [0, 0.1) is 5.92 Å². The predicted molar refractivity (Wildman–Crippen MR) is 82.6 cm³/mol. The van der Waals surface area contributed by atoms with Gasteiger partial charge in [0.05, 0.1) is 6.61 Å². The standard InChI is InChI=1S/C16H34N2O/c1-4-5-6-8-15(2)17-10-11-18(3)13-16-9-7-12-19-14-16/h15-17H,4-14H2,1-3H3. The molecule has 0 amide bonds. The monoisotopic (exact) mass is 270 g/mol. The van der Waals surface area contributed by atoms with Crippen LogP contribution in [0.15, 0.2) is 0 Å². The van der Waals surface area contributed by atoms with Crippen molar-refractivity contribution in [1.29, 1.82) is 0 Å². The van der Waals surface area contributed by atoms with E-state index in [1.165, 1.54) is 45.1 Å². The maximum Gasteiger partial charge on any atom is 0.0506 e. The molecular formula is C16H34N2O. The van der Waals surface area contributed by atoms with Crippen molar-refractivity contribution in [3.63, 3.8) is 0 Å². The fourth-order valence-corrected chi connectivity index (χ4v) is 2.79. The van der Waals surface area contributed by atoms with Crippen molar-refractivity contribution in [1.82, 2.24) is 10.2 Å². The first-order valence-corrected chi connectivity index (χ1v) is 8.22. The van der Waals surface area contributed by atoms with E-state index in [4.69, 9.17) is 4.74 Å². The maximum atomic E-state index is 5.54. The van der Waals surface area contributed by atoms with E-state index in [2.05, 4.69) is 31.1 Å². The van der Waals surface area contributed by atoms with Gasteiger partial charge in [0.25, 0.3) is 0 Å². The second-order valence-electron chi connectivity index (χ2n) is 6.20. The third-order valence-corrected chi connectivity index (χ3v) is 4.05. The molecule has 114 valence electrons. The van der Waals surface area contributed by atoms with Crippen LogP contribution in [0.5, 0.6) is 0 Å². The zero-order valence-corrected chi connectivity index (χ0v) is 13.3. The summed E-state index contributed by atoms with van der Waals surface area (Å²) in [6.45, 7) is 9.95. The van der Waals surface area contributed by atoms with Gasteiger partial charge in [0, 0.05) is 32.3 Å². The number of hydrogen-bond donors (Lipinski definition) is 1. The molecular weight excluding hydrogens is 236 g/mol. The first kappa shape index (κ1) is 16.9. The molecule has 0 spiro atoms. The normalized spacial score (nSPS) is 21.8.